The molecule has 0 radical (unpaired) electrons. The summed E-state index contributed by atoms with van der Waals surface area (Å²) < 4.78 is 5.30. The smallest absolute Gasteiger partial charge is 0.142 e. The number of hydrogen-bond acceptors (Lipinski definition) is 5. The van der Waals surface area contributed by atoms with Crippen molar-refractivity contribution in [3.05, 3.63) is 18.2 Å². The number of nitrogens with two attached hydrogens (primary N) is 1. The van der Waals surface area contributed by atoms with Crippen LogP contribution in [0, 0.1) is 5.92 Å². The van der Waals surface area contributed by atoms with Gasteiger partial charge in [0.2, 0.25) is 0 Å². The third-order valence-electron chi connectivity index (χ3n) is 2.49. The number of nitrogens with zero attached hydrogens (tertiary/aromatic N) is 1. The molecule has 1 fully saturated rings. The molecule has 82 valence electrons. The Kier molecular flexibility index (Phi) is 3.37. The molecule has 0 spiro atoms. The fourth-order valence-electron chi connectivity index (χ4n) is 1.61. The van der Waals surface area contributed by atoms with Crippen molar-refractivity contribution in [3.63, 3.8) is 0 Å². The number of nitrogens with one attached hydrogen (secondary N) is 2. The van der Waals surface area contributed by atoms with Crippen molar-refractivity contribution in [1.29, 1.82) is 0 Å². The third kappa shape index (κ3) is 2.81. The number of aromatic nitrogens is 1. The summed E-state index contributed by atoms with van der Waals surface area (Å²) in [6, 6.07) is 5.66. The molecule has 5 nitrogen and oxygen atoms in total. The van der Waals surface area contributed by atoms with Crippen molar-refractivity contribution in [2.45, 2.75) is 6.42 Å². The zero-order chi connectivity index (χ0) is 10.5. The number of ether oxygens (including phenoxy) is 1. The van der Waals surface area contributed by atoms with Crippen LogP contribution in [-0.4, -0.2) is 24.7 Å². The van der Waals surface area contributed by atoms with Crippen LogP contribution >= 0.6 is 0 Å². The first-order valence-electron chi connectivity index (χ1n) is 5.14. The lowest BCUT2D eigenvalue weighted by atomic mass is 10.1. The quantitative estimate of drug-likeness (QED) is 0.504. The molecule has 0 saturated carbocycles. The Morgan fingerprint density at radius 3 is 3.07 bits per heavy atom. The molecule has 0 aliphatic carbocycles. The molecule has 0 bridgehead atoms. The molecule has 2 rings (SSSR count). The first-order chi connectivity index (χ1) is 7.38. The highest BCUT2D eigenvalue weighted by Gasteiger charge is 2.14. The lowest BCUT2D eigenvalue weighted by Gasteiger charge is -2.10. The van der Waals surface area contributed by atoms with Gasteiger partial charge in [0.25, 0.3) is 0 Å². The highest BCUT2D eigenvalue weighted by atomic mass is 16.5. The van der Waals surface area contributed by atoms with Crippen LogP contribution in [-0.2, 0) is 4.74 Å². The second-order valence-electron chi connectivity index (χ2n) is 3.66. The summed E-state index contributed by atoms with van der Waals surface area (Å²) >= 11 is 0. The van der Waals surface area contributed by atoms with Crippen LogP contribution in [0.1, 0.15) is 6.42 Å². The van der Waals surface area contributed by atoms with Gasteiger partial charge in [-0.1, -0.05) is 6.07 Å². The van der Waals surface area contributed by atoms with Gasteiger partial charge in [0.1, 0.15) is 11.6 Å². The Bertz CT molecular complexity index is 312. The zero-order valence-electron chi connectivity index (χ0n) is 8.57. The first kappa shape index (κ1) is 10.2. The Morgan fingerprint density at radius 2 is 2.33 bits per heavy atom. The summed E-state index contributed by atoms with van der Waals surface area (Å²) in [5, 5.41) is 3.27. The molecule has 15 heavy (non-hydrogen) atoms. The first-order valence-corrected chi connectivity index (χ1v) is 5.14. The van der Waals surface area contributed by atoms with Crippen molar-refractivity contribution in [3.8, 4) is 0 Å². The molecule has 1 aliphatic rings. The molecule has 5 heteroatoms. The molecular weight excluding hydrogens is 192 g/mol. The molecule has 1 unspecified atom stereocenters. The summed E-state index contributed by atoms with van der Waals surface area (Å²) in [6.07, 6.45) is 1.13. The molecule has 0 aromatic carbocycles. The Hall–Kier alpha value is -1.33. The predicted molar refractivity (Wildman–Crippen MR) is 59.5 cm³/mol. The average molecular weight is 208 g/mol. The van der Waals surface area contributed by atoms with Gasteiger partial charge in [-0.25, -0.2) is 10.8 Å². The van der Waals surface area contributed by atoms with Crippen LogP contribution < -0.4 is 16.6 Å². The molecule has 0 amide bonds. The average Bonchev–Trinajstić information content (AvgIpc) is 2.79. The van der Waals surface area contributed by atoms with E-state index < -0.39 is 0 Å². The van der Waals surface area contributed by atoms with Crippen molar-refractivity contribution in [2.24, 2.45) is 11.8 Å². The number of hydrogen-bond donors (Lipinski definition) is 3. The molecule has 1 aromatic rings. The van der Waals surface area contributed by atoms with Gasteiger partial charge in [0.05, 0.1) is 6.61 Å². The van der Waals surface area contributed by atoms with Crippen LogP contribution in [0.2, 0.25) is 0 Å². The van der Waals surface area contributed by atoms with Crippen LogP contribution in [0.3, 0.4) is 0 Å². The monoisotopic (exact) mass is 208 g/mol. The predicted octanol–water partition coefficient (Wildman–Crippen LogP) is 0.816. The minimum atomic E-state index is 0.598. The Labute approximate surface area is 89.0 Å². The highest BCUT2D eigenvalue weighted by molar-refractivity contribution is 5.44. The van der Waals surface area contributed by atoms with Gasteiger partial charge >= 0.3 is 0 Å². The number of hydrazine groups is 1. The molecular formula is C10H16N4O. The molecule has 4 N–H and O–H groups in total. The Balaban J connectivity index is 1.86. The van der Waals surface area contributed by atoms with Gasteiger partial charge in [-0.05, 0) is 18.6 Å². The van der Waals surface area contributed by atoms with E-state index in [1.807, 2.05) is 18.2 Å². The van der Waals surface area contributed by atoms with E-state index in [9.17, 15) is 0 Å². The van der Waals surface area contributed by atoms with Crippen LogP contribution in [0.4, 0.5) is 11.6 Å². The second kappa shape index (κ2) is 4.95. The lowest BCUT2D eigenvalue weighted by Crippen LogP contribution is -2.15. The summed E-state index contributed by atoms with van der Waals surface area (Å²) in [6.45, 7) is 2.63. The van der Waals surface area contributed by atoms with Gasteiger partial charge in [0, 0.05) is 19.1 Å². The van der Waals surface area contributed by atoms with Crippen molar-refractivity contribution in [1.82, 2.24) is 4.98 Å². The second-order valence-corrected chi connectivity index (χ2v) is 3.66. The van der Waals surface area contributed by atoms with E-state index >= 15 is 0 Å². The van der Waals surface area contributed by atoms with Gasteiger partial charge < -0.3 is 15.5 Å². The summed E-state index contributed by atoms with van der Waals surface area (Å²) in [7, 11) is 0. The number of nitrogen functional groups attached to an aromatic ring is 1. The van der Waals surface area contributed by atoms with E-state index in [4.69, 9.17) is 10.6 Å². The van der Waals surface area contributed by atoms with Gasteiger partial charge in [-0.15, -0.1) is 0 Å². The van der Waals surface area contributed by atoms with Crippen LogP contribution in [0.5, 0.6) is 0 Å². The zero-order valence-corrected chi connectivity index (χ0v) is 8.57. The topological polar surface area (TPSA) is 72.2 Å². The van der Waals surface area contributed by atoms with Gasteiger partial charge in [-0.2, -0.15) is 0 Å². The lowest BCUT2D eigenvalue weighted by molar-refractivity contribution is 0.187. The van der Waals surface area contributed by atoms with Crippen molar-refractivity contribution in [2.75, 3.05) is 30.5 Å². The molecule has 1 aliphatic heterocycles. The van der Waals surface area contributed by atoms with E-state index in [1.165, 1.54) is 0 Å². The van der Waals surface area contributed by atoms with Crippen molar-refractivity contribution < 1.29 is 4.74 Å². The van der Waals surface area contributed by atoms with E-state index in [2.05, 4.69) is 15.7 Å². The van der Waals surface area contributed by atoms with E-state index in [0.717, 1.165) is 32.0 Å². The standard InChI is InChI=1S/C10H16N4O/c11-14-10-3-1-2-9(13-10)12-6-8-4-5-15-7-8/h1-3,8H,4-7,11H2,(H2,12,13,14). The van der Waals surface area contributed by atoms with Crippen LogP contribution in [0.25, 0.3) is 0 Å². The number of anilines is 2. The summed E-state index contributed by atoms with van der Waals surface area (Å²) in [5.41, 5.74) is 2.52. The maximum absolute atomic E-state index is 5.30. The van der Waals surface area contributed by atoms with E-state index in [0.29, 0.717) is 11.7 Å². The third-order valence-corrected chi connectivity index (χ3v) is 2.49. The highest BCUT2D eigenvalue weighted by Crippen LogP contribution is 2.14. The molecule has 2 heterocycles. The fraction of sp³-hybridized carbons (Fsp3) is 0.500. The maximum Gasteiger partial charge on any atom is 0.142 e. The largest absolute Gasteiger partial charge is 0.381 e. The van der Waals surface area contributed by atoms with Gasteiger partial charge in [-0.3, -0.25) is 0 Å². The molecule has 1 atom stereocenters. The van der Waals surface area contributed by atoms with E-state index in [1.54, 1.807) is 0 Å². The SMILES string of the molecule is NNc1cccc(NCC2CCOC2)n1. The minimum absolute atomic E-state index is 0.598. The number of pyridine rings is 1. The van der Waals surface area contributed by atoms with Crippen molar-refractivity contribution >= 4 is 11.6 Å². The number of rotatable bonds is 4. The van der Waals surface area contributed by atoms with E-state index in [-0.39, 0.29) is 0 Å². The molecule has 1 saturated heterocycles. The van der Waals surface area contributed by atoms with Gasteiger partial charge in [0.15, 0.2) is 0 Å². The normalized spacial score (nSPS) is 20.2. The fourth-order valence-corrected chi connectivity index (χ4v) is 1.61. The summed E-state index contributed by atoms with van der Waals surface area (Å²) in [5.74, 6) is 7.39. The maximum atomic E-state index is 5.30. The Morgan fingerprint density at radius 1 is 1.47 bits per heavy atom. The summed E-state index contributed by atoms with van der Waals surface area (Å²) in [4.78, 5) is 4.26. The minimum Gasteiger partial charge on any atom is -0.381 e. The van der Waals surface area contributed by atoms with Crippen LogP contribution in [0.15, 0.2) is 18.2 Å². The molecule has 1 aromatic heterocycles.